The Morgan fingerprint density at radius 1 is 1.25 bits per heavy atom. The highest BCUT2D eigenvalue weighted by atomic mass is 19.1. The fraction of sp³-hybridized carbons (Fsp3) is 0.312. The van der Waals surface area contributed by atoms with Crippen LogP contribution in [0, 0.1) is 5.82 Å². The van der Waals surface area contributed by atoms with Gasteiger partial charge in [-0.3, -0.25) is 4.98 Å². The smallest absolute Gasteiger partial charge is 0.137 e. The second kappa shape index (κ2) is 7.01. The van der Waals surface area contributed by atoms with Gasteiger partial charge in [0, 0.05) is 6.20 Å². The molecule has 0 aliphatic rings. The van der Waals surface area contributed by atoms with Crippen molar-refractivity contribution >= 4 is 0 Å². The first kappa shape index (κ1) is 14.5. The van der Waals surface area contributed by atoms with Crippen molar-refractivity contribution in [3.63, 3.8) is 0 Å². The molecule has 1 unspecified atom stereocenters. The molecule has 1 atom stereocenters. The minimum Gasteiger partial charge on any atom is -0.495 e. The highest BCUT2D eigenvalue weighted by molar-refractivity contribution is 5.34. The van der Waals surface area contributed by atoms with Gasteiger partial charge in [-0.15, -0.1) is 0 Å². The second-order valence-electron chi connectivity index (χ2n) is 4.60. The second-order valence-corrected chi connectivity index (χ2v) is 4.60. The van der Waals surface area contributed by atoms with Crippen LogP contribution in [0.2, 0.25) is 0 Å². The number of hydrogen-bond donors (Lipinski definition) is 1. The molecule has 4 heteroatoms. The lowest BCUT2D eigenvalue weighted by atomic mass is 10.00. The van der Waals surface area contributed by atoms with E-state index in [0.717, 1.165) is 24.1 Å². The van der Waals surface area contributed by atoms with Crippen LogP contribution in [0.1, 0.15) is 30.5 Å². The van der Waals surface area contributed by atoms with Gasteiger partial charge < -0.3 is 10.1 Å². The molecule has 0 aliphatic heterocycles. The Morgan fingerprint density at radius 3 is 2.80 bits per heavy atom. The zero-order valence-electron chi connectivity index (χ0n) is 11.8. The van der Waals surface area contributed by atoms with E-state index in [0.29, 0.717) is 5.75 Å². The first-order valence-electron chi connectivity index (χ1n) is 6.72. The van der Waals surface area contributed by atoms with Gasteiger partial charge in [0.1, 0.15) is 11.6 Å². The number of benzene rings is 1. The van der Waals surface area contributed by atoms with Crippen LogP contribution in [-0.2, 0) is 0 Å². The van der Waals surface area contributed by atoms with Gasteiger partial charge >= 0.3 is 0 Å². The Hall–Kier alpha value is -1.94. The highest BCUT2D eigenvalue weighted by Crippen LogP contribution is 2.24. The average molecular weight is 274 g/mol. The Bertz CT molecular complexity index is 560. The minimum absolute atomic E-state index is 0.0896. The van der Waals surface area contributed by atoms with Gasteiger partial charge in [-0.1, -0.05) is 19.1 Å². The van der Waals surface area contributed by atoms with Crippen molar-refractivity contribution in [1.82, 2.24) is 10.3 Å². The molecule has 1 aromatic heterocycles. The van der Waals surface area contributed by atoms with E-state index in [1.165, 1.54) is 6.07 Å². The summed E-state index contributed by atoms with van der Waals surface area (Å²) in [6.45, 7) is 2.94. The molecule has 0 amide bonds. The molecule has 20 heavy (non-hydrogen) atoms. The molecular formula is C16H19FN2O. The van der Waals surface area contributed by atoms with E-state index in [9.17, 15) is 4.39 Å². The third-order valence-electron chi connectivity index (χ3n) is 3.08. The van der Waals surface area contributed by atoms with Crippen molar-refractivity contribution in [1.29, 1.82) is 0 Å². The SMILES string of the molecule is CCCNC(c1cccc(F)c1)c1cncc(OC)c1. The van der Waals surface area contributed by atoms with Crippen molar-refractivity contribution in [3.05, 3.63) is 59.7 Å². The first-order valence-corrected chi connectivity index (χ1v) is 6.72. The van der Waals surface area contributed by atoms with E-state index in [2.05, 4.69) is 17.2 Å². The number of pyridine rings is 1. The summed E-state index contributed by atoms with van der Waals surface area (Å²) in [6.07, 6.45) is 4.44. The molecule has 2 rings (SSSR count). The topological polar surface area (TPSA) is 34.2 Å². The van der Waals surface area contributed by atoms with Crippen molar-refractivity contribution in [2.45, 2.75) is 19.4 Å². The molecule has 0 saturated heterocycles. The number of aromatic nitrogens is 1. The van der Waals surface area contributed by atoms with Crippen molar-refractivity contribution < 1.29 is 9.13 Å². The molecule has 106 valence electrons. The number of nitrogens with one attached hydrogen (secondary N) is 1. The van der Waals surface area contributed by atoms with Gasteiger partial charge in [0.25, 0.3) is 0 Å². The number of hydrogen-bond acceptors (Lipinski definition) is 3. The summed E-state index contributed by atoms with van der Waals surface area (Å²) in [7, 11) is 1.61. The normalized spacial score (nSPS) is 12.2. The monoisotopic (exact) mass is 274 g/mol. The summed E-state index contributed by atoms with van der Waals surface area (Å²) in [4.78, 5) is 4.17. The van der Waals surface area contributed by atoms with E-state index in [1.54, 1.807) is 31.6 Å². The molecule has 2 aromatic rings. The van der Waals surface area contributed by atoms with Gasteiger partial charge in [0.05, 0.1) is 19.3 Å². The maximum Gasteiger partial charge on any atom is 0.137 e. The van der Waals surface area contributed by atoms with E-state index < -0.39 is 0 Å². The maximum absolute atomic E-state index is 13.4. The highest BCUT2D eigenvalue weighted by Gasteiger charge is 2.15. The number of methoxy groups -OCH3 is 1. The Kier molecular flexibility index (Phi) is 5.07. The van der Waals surface area contributed by atoms with Gasteiger partial charge in [-0.25, -0.2) is 4.39 Å². The van der Waals surface area contributed by atoms with Crippen LogP contribution >= 0.6 is 0 Å². The van der Waals surface area contributed by atoms with Crippen LogP contribution in [0.5, 0.6) is 5.75 Å². The predicted octanol–water partition coefficient (Wildman–Crippen LogP) is 3.32. The predicted molar refractivity (Wildman–Crippen MR) is 77.3 cm³/mol. The number of nitrogens with zero attached hydrogens (tertiary/aromatic N) is 1. The molecule has 0 fully saturated rings. The van der Waals surface area contributed by atoms with Crippen molar-refractivity contribution in [2.24, 2.45) is 0 Å². The zero-order chi connectivity index (χ0) is 14.4. The molecule has 0 aliphatic carbocycles. The van der Waals surface area contributed by atoms with Crippen molar-refractivity contribution in [2.75, 3.05) is 13.7 Å². The number of halogens is 1. The van der Waals surface area contributed by atoms with Crippen LogP contribution in [0.3, 0.4) is 0 Å². The summed E-state index contributed by atoms with van der Waals surface area (Å²) < 4.78 is 18.6. The fourth-order valence-electron chi connectivity index (χ4n) is 2.11. The third-order valence-corrected chi connectivity index (χ3v) is 3.08. The molecular weight excluding hydrogens is 255 g/mol. The molecule has 1 heterocycles. The minimum atomic E-state index is -0.235. The van der Waals surface area contributed by atoms with Crippen LogP contribution in [0.15, 0.2) is 42.7 Å². The lowest BCUT2D eigenvalue weighted by Gasteiger charge is -2.19. The fourth-order valence-corrected chi connectivity index (χ4v) is 2.11. The van der Waals surface area contributed by atoms with Gasteiger partial charge in [0.2, 0.25) is 0 Å². The maximum atomic E-state index is 13.4. The lowest BCUT2D eigenvalue weighted by molar-refractivity contribution is 0.411. The molecule has 1 N–H and O–H groups in total. The largest absolute Gasteiger partial charge is 0.495 e. The first-order chi connectivity index (χ1) is 9.74. The van der Waals surface area contributed by atoms with Gasteiger partial charge in [-0.05, 0) is 42.3 Å². The van der Waals surface area contributed by atoms with Crippen LogP contribution in [-0.4, -0.2) is 18.6 Å². The molecule has 3 nitrogen and oxygen atoms in total. The Morgan fingerprint density at radius 2 is 2.10 bits per heavy atom. The van der Waals surface area contributed by atoms with Crippen LogP contribution in [0.4, 0.5) is 4.39 Å². The number of ether oxygens (including phenoxy) is 1. The summed E-state index contributed by atoms with van der Waals surface area (Å²) in [6, 6.07) is 8.46. The van der Waals surface area contributed by atoms with Gasteiger partial charge in [0.15, 0.2) is 0 Å². The van der Waals surface area contributed by atoms with E-state index in [-0.39, 0.29) is 11.9 Å². The zero-order valence-corrected chi connectivity index (χ0v) is 11.8. The quantitative estimate of drug-likeness (QED) is 0.877. The molecule has 0 bridgehead atoms. The Labute approximate surface area is 118 Å². The summed E-state index contributed by atoms with van der Waals surface area (Å²) >= 11 is 0. The number of rotatable bonds is 6. The molecule has 0 spiro atoms. The summed E-state index contributed by atoms with van der Waals surface area (Å²) in [5.41, 5.74) is 1.84. The van der Waals surface area contributed by atoms with E-state index in [4.69, 9.17) is 4.74 Å². The third kappa shape index (κ3) is 3.54. The molecule has 1 aromatic carbocycles. The van der Waals surface area contributed by atoms with E-state index >= 15 is 0 Å². The lowest BCUT2D eigenvalue weighted by Crippen LogP contribution is -2.23. The average Bonchev–Trinajstić information content (AvgIpc) is 2.48. The van der Waals surface area contributed by atoms with Crippen LogP contribution < -0.4 is 10.1 Å². The molecule has 0 radical (unpaired) electrons. The van der Waals surface area contributed by atoms with E-state index in [1.807, 2.05) is 12.1 Å². The standard InChI is InChI=1S/C16H19FN2O/c1-3-7-19-16(12-5-4-6-14(17)8-12)13-9-15(20-2)11-18-10-13/h4-6,8-11,16,19H,3,7H2,1-2H3. The van der Waals surface area contributed by atoms with Crippen LogP contribution in [0.25, 0.3) is 0 Å². The Balaban J connectivity index is 2.35. The summed E-state index contributed by atoms with van der Waals surface area (Å²) in [5.74, 6) is 0.462. The summed E-state index contributed by atoms with van der Waals surface area (Å²) in [5, 5.41) is 3.42. The van der Waals surface area contributed by atoms with Crippen molar-refractivity contribution in [3.8, 4) is 5.75 Å². The molecule has 0 saturated carbocycles. The van der Waals surface area contributed by atoms with Gasteiger partial charge in [-0.2, -0.15) is 0 Å².